The number of hydrogen-bond acceptors (Lipinski definition) is 7. The molecule has 104 valence electrons. The van der Waals surface area contributed by atoms with Crippen molar-refractivity contribution < 1.29 is 34.5 Å². The molecule has 0 spiro atoms. The monoisotopic (exact) mass is 263 g/mol. The second-order valence-corrected chi connectivity index (χ2v) is 4.11. The van der Waals surface area contributed by atoms with Crippen molar-refractivity contribution in [3.05, 3.63) is 0 Å². The Morgan fingerprint density at radius 3 is 2.72 bits per heavy atom. The molecule has 4 unspecified atom stereocenters. The second kappa shape index (κ2) is 7.02. The van der Waals surface area contributed by atoms with Gasteiger partial charge in [-0.25, -0.2) is 0 Å². The molecule has 1 fully saturated rings. The van der Waals surface area contributed by atoms with E-state index in [1.165, 1.54) is 6.92 Å². The van der Waals surface area contributed by atoms with E-state index < -0.39 is 38.1 Å². The van der Waals surface area contributed by atoms with Crippen LogP contribution in [0.3, 0.4) is 0 Å². The van der Waals surface area contributed by atoms with Crippen molar-refractivity contribution in [2.24, 2.45) is 0 Å². The third-order valence-electron chi connectivity index (χ3n) is 2.60. The van der Waals surface area contributed by atoms with E-state index in [9.17, 15) is 20.1 Å². The Labute approximate surface area is 105 Å². The predicted molar refractivity (Wildman–Crippen MR) is 60.4 cm³/mol. The summed E-state index contributed by atoms with van der Waals surface area (Å²) in [7, 11) is -0.702. The first-order valence-corrected chi connectivity index (χ1v) is 5.62. The van der Waals surface area contributed by atoms with Gasteiger partial charge in [-0.15, -0.1) is 0 Å². The predicted octanol–water partition coefficient (Wildman–Crippen LogP) is -3.36. The van der Waals surface area contributed by atoms with Crippen molar-refractivity contribution in [3.63, 3.8) is 0 Å². The molecule has 18 heavy (non-hydrogen) atoms. The number of hydrogen-bond donors (Lipinski definition) is 5. The summed E-state index contributed by atoms with van der Waals surface area (Å²) in [5.74, 6) is -0.234. The van der Waals surface area contributed by atoms with Crippen molar-refractivity contribution in [1.29, 1.82) is 0 Å². The third kappa shape index (κ3) is 4.20. The Bertz CT molecular complexity index is 280. The topological polar surface area (TPSA) is 128 Å². The van der Waals surface area contributed by atoms with Gasteiger partial charge in [-0.05, 0) is 0 Å². The first-order valence-electron chi connectivity index (χ1n) is 5.62. The molecule has 0 saturated carbocycles. The van der Waals surface area contributed by atoms with Crippen LogP contribution in [0, 0.1) is 0 Å². The van der Waals surface area contributed by atoms with E-state index in [1.807, 2.05) is 0 Å². The molecule has 0 aromatic rings. The van der Waals surface area contributed by atoms with E-state index in [2.05, 4.69) is 5.32 Å². The number of carbonyl (C=O) groups is 1. The minimum absolute atomic E-state index is 0.0284. The lowest BCUT2D eigenvalue weighted by atomic mass is 9.91. The van der Waals surface area contributed by atoms with Crippen molar-refractivity contribution in [2.45, 2.75) is 31.3 Å². The number of aliphatic hydroxyl groups excluding tert-OH is 4. The van der Waals surface area contributed by atoms with Crippen LogP contribution in [0.5, 0.6) is 0 Å². The minimum atomic E-state index is -1.52. The molecule has 1 aliphatic heterocycles. The van der Waals surface area contributed by atoms with Crippen molar-refractivity contribution in [2.75, 3.05) is 19.7 Å². The maximum atomic E-state index is 10.7. The number of aliphatic hydroxyl groups is 4. The van der Waals surface area contributed by atoms with Crippen LogP contribution in [0.4, 0.5) is 0 Å². The van der Waals surface area contributed by atoms with Crippen LogP contribution in [0.1, 0.15) is 6.92 Å². The zero-order valence-corrected chi connectivity index (χ0v) is 10.0. The number of carbonyl (C=O) groups excluding carboxylic acids is 1. The zero-order valence-electron chi connectivity index (χ0n) is 10.0. The van der Waals surface area contributed by atoms with Crippen LogP contribution in [0.15, 0.2) is 0 Å². The number of nitrogens with one attached hydrogen (secondary N) is 1. The van der Waals surface area contributed by atoms with E-state index >= 15 is 0 Å². The molecular weight excluding hydrogens is 245 g/mol. The molecule has 0 aromatic heterocycles. The van der Waals surface area contributed by atoms with E-state index in [4.69, 9.17) is 14.4 Å². The molecule has 1 aliphatic rings. The Balaban J connectivity index is 2.38. The largest absolute Gasteiger partial charge is 0.477 e. The standard InChI is InChI=1S/C9H18BNO7/c1-5(13)11-4-10-17-3-7(18-10)9(16)8(15)6(14)2-12/h6-9,12,14-16H,2-4H2,1H3,(H,11,13). The van der Waals surface area contributed by atoms with Gasteiger partial charge in [-0.3, -0.25) is 4.79 Å². The van der Waals surface area contributed by atoms with E-state index in [1.54, 1.807) is 0 Å². The minimum Gasteiger partial charge on any atom is -0.407 e. The molecule has 4 atom stereocenters. The summed E-state index contributed by atoms with van der Waals surface area (Å²) < 4.78 is 10.4. The summed E-state index contributed by atoms with van der Waals surface area (Å²) in [6.07, 6.45) is -5.03. The highest BCUT2D eigenvalue weighted by molar-refractivity contribution is 6.45. The van der Waals surface area contributed by atoms with Gasteiger partial charge in [0.15, 0.2) is 0 Å². The molecule has 0 aliphatic carbocycles. The quantitative estimate of drug-likeness (QED) is 0.316. The Morgan fingerprint density at radius 2 is 2.17 bits per heavy atom. The van der Waals surface area contributed by atoms with Gasteiger partial charge in [0.05, 0.1) is 25.8 Å². The molecule has 1 heterocycles. The normalized spacial score (nSPS) is 24.7. The number of rotatable bonds is 6. The molecule has 5 N–H and O–H groups in total. The van der Waals surface area contributed by atoms with Crippen LogP contribution >= 0.6 is 0 Å². The van der Waals surface area contributed by atoms with Gasteiger partial charge in [0.2, 0.25) is 5.91 Å². The SMILES string of the molecule is CC(=O)NCB1OCC(C(O)C(O)C(O)CO)O1. The maximum absolute atomic E-state index is 10.7. The van der Waals surface area contributed by atoms with E-state index in [-0.39, 0.29) is 19.0 Å². The Kier molecular flexibility index (Phi) is 5.99. The smallest absolute Gasteiger partial charge is 0.407 e. The lowest BCUT2D eigenvalue weighted by Crippen LogP contribution is -2.47. The molecule has 8 nitrogen and oxygen atoms in total. The summed E-state index contributed by atoms with van der Waals surface area (Å²) in [6.45, 7) is 0.713. The average Bonchev–Trinajstić information content (AvgIpc) is 2.82. The fourth-order valence-corrected chi connectivity index (χ4v) is 1.54. The van der Waals surface area contributed by atoms with Crippen LogP contribution in [-0.2, 0) is 14.1 Å². The van der Waals surface area contributed by atoms with Crippen molar-refractivity contribution in [3.8, 4) is 0 Å². The molecule has 0 aromatic carbocycles. The first-order chi connectivity index (χ1) is 8.45. The van der Waals surface area contributed by atoms with Crippen LogP contribution < -0.4 is 5.32 Å². The van der Waals surface area contributed by atoms with Gasteiger partial charge in [0.25, 0.3) is 0 Å². The lowest BCUT2D eigenvalue weighted by molar-refractivity contribution is -0.118. The van der Waals surface area contributed by atoms with Crippen molar-refractivity contribution in [1.82, 2.24) is 5.32 Å². The van der Waals surface area contributed by atoms with Gasteiger partial charge in [-0.1, -0.05) is 0 Å². The average molecular weight is 263 g/mol. The van der Waals surface area contributed by atoms with Gasteiger partial charge < -0.3 is 35.1 Å². The molecule has 9 heteroatoms. The van der Waals surface area contributed by atoms with Gasteiger partial charge in [0, 0.05) is 6.92 Å². The van der Waals surface area contributed by atoms with Crippen LogP contribution in [0.25, 0.3) is 0 Å². The van der Waals surface area contributed by atoms with Gasteiger partial charge in [0.1, 0.15) is 18.3 Å². The third-order valence-corrected chi connectivity index (χ3v) is 2.60. The first kappa shape index (κ1) is 15.4. The van der Waals surface area contributed by atoms with Crippen molar-refractivity contribution >= 4 is 13.0 Å². The summed E-state index contributed by atoms with van der Waals surface area (Å²) in [5, 5.41) is 39.5. The van der Waals surface area contributed by atoms with Crippen LogP contribution in [-0.4, -0.2) is 77.5 Å². The zero-order chi connectivity index (χ0) is 13.7. The molecule has 0 bridgehead atoms. The van der Waals surface area contributed by atoms with Crippen LogP contribution in [0.2, 0.25) is 0 Å². The van der Waals surface area contributed by atoms with E-state index in [0.29, 0.717) is 0 Å². The highest BCUT2D eigenvalue weighted by Gasteiger charge is 2.39. The fourth-order valence-electron chi connectivity index (χ4n) is 1.54. The Hall–Kier alpha value is -0.705. The lowest BCUT2D eigenvalue weighted by Gasteiger charge is -2.25. The highest BCUT2D eigenvalue weighted by Crippen LogP contribution is 2.15. The molecule has 1 rings (SSSR count). The van der Waals surface area contributed by atoms with Gasteiger partial charge >= 0.3 is 7.12 Å². The second-order valence-electron chi connectivity index (χ2n) is 4.11. The molecule has 1 amide bonds. The Morgan fingerprint density at radius 1 is 1.50 bits per heavy atom. The fraction of sp³-hybridized carbons (Fsp3) is 0.889. The maximum Gasteiger partial charge on any atom is 0.477 e. The highest BCUT2D eigenvalue weighted by atomic mass is 16.6. The summed E-state index contributed by atoms with van der Waals surface area (Å²) in [5.41, 5.74) is 0. The van der Waals surface area contributed by atoms with E-state index in [0.717, 1.165) is 0 Å². The van der Waals surface area contributed by atoms with Gasteiger partial charge in [-0.2, -0.15) is 0 Å². The molecule has 0 radical (unpaired) electrons. The summed E-state index contributed by atoms with van der Waals surface area (Å²) in [6, 6.07) is 0. The summed E-state index contributed by atoms with van der Waals surface area (Å²) in [4.78, 5) is 10.7. The molecular formula is C9H18BNO7. The molecule has 1 saturated heterocycles. The summed E-state index contributed by atoms with van der Waals surface area (Å²) >= 11 is 0. The number of amides is 1.